The quantitative estimate of drug-likeness (QED) is 0.794. The second kappa shape index (κ2) is 8.19. The second-order valence-corrected chi connectivity index (χ2v) is 6.82. The number of nitrogens with zero attached hydrogens (tertiary/aromatic N) is 4. The Morgan fingerprint density at radius 2 is 1.88 bits per heavy atom. The van der Waals surface area contributed by atoms with Gasteiger partial charge in [-0.15, -0.1) is 0 Å². The molecule has 0 radical (unpaired) electrons. The fraction of sp³-hybridized carbons (Fsp3) is 0.412. The molecule has 0 unspecified atom stereocenters. The Hall–Kier alpha value is -1.60. The van der Waals surface area contributed by atoms with Gasteiger partial charge >= 0.3 is 0 Å². The third kappa shape index (κ3) is 4.52. The van der Waals surface area contributed by atoms with E-state index in [0.29, 0.717) is 13.2 Å². The molecule has 2 heterocycles. The summed E-state index contributed by atoms with van der Waals surface area (Å²) >= 11 is 11.7. The Morgan fingerprint density at radius 1 is 1.20 bits per heavy atom. The highest BCUT2D eigenvalue weighted by Gasteiger charge is 2.12. The molecule has 1 aliphatic heterocycles. The minimum Gasteiger partial charge on any atom is -0.378 e. The maximum absolute atomic E-state index is 12.0. The third-order valence-electron chi connectivity index (χ3n) is 4.08. The number of ether oxygens (including phenoxy) is 1. The van der Waals surface area contributed by atoms with Crippen LogP contribution in [-0.4, -0.2) is 48.0 Å². The van der Waals surface area contributed by atoms with Crippen LogP contribution < -0.4 is 10.5 Å². The highest BCUT2D eigenvalue weighted by atomic mass is 35.5. The molecular formula is C17H20Cl2N4O2. The van der Waals surface area contributed by atoms with Gasteiger partial charge in [0.1, 0.15) is 5.02 Å². The van der Waals surface area contributed by atoms with Crippen molar-refractivity contribution in [3.05, 3.63) is 56.4 Å². The molecule has 25 heavy (non-hydrogen) atoms. The number of morpholine rings is 1. The average Bonchev–Trinajstić information content (AvgIpc) is 2.63. The van der Waals surface area contributed by atoms with E-state index < -0.39 is 0 Å². The molecule has 1 saturated heterocycles. The molecule has 0 spiro atoms. The van der Waals surface area contributed by atoms with Crippen LogP contribution in [0.5, 0.6) is 0 Å². The van der Waals surface area contributed by atoms with E-state index in [-0.39, 0.29) is 15.6 Å². The summed E-state index contributed by atoms with van der Waals surface area (Å²) in [5.41, 5.74) is 1.98. The molecule has 8 heteroatoms. The van der Waals surface area contributed by atoms with Crippen molar-refractivity contribution in [3.63, 3.8) is 0 Å². The van der Waals surface area contributed by atoms with Crippen LogP contribution in [-0.2, 0) is 18.0 Å². The van der Waals surface area contributed by atoms with Gasteiger partial charge in [-0.25, -0.2) is 4.68 Å². The van der Waals surface area contributed by atoms with Crippen LogP contribution in [0.2, 0.25) is 10.0 Å². The standard InChI is InChI=1S/C17H20Cl2N4O2/c1-21(12-23-17(24)16(19)15(18)10-20-23)11-13-2-4-14(5-3-13)22-6-8-25-9-7-22/h2-5,10H,6-9,11-12H2,1H3. The van der Waals surface area contributed by atoms with Crippen LogP contribution in [0.3, 0.4) is 0 Å². The Labute approximate surface area is 156 Å². The lowest BCUT2D eigenvalue weighted by Gasteiger charge is -2.29. The molecule has 3 rings (SSSR count). The maximum atomic E-state index is 12.0. The van der Waals surface area contributed by atoms with Crippen molar-refractivity contribution in [2.24, 2.45) is 0 Å². The van der Waals surface area contributed by atoms with Crippen LogP contribution in [0, 0.1) is 0 Å². The molecule has 1 aromatic heterocycles. The van der Waals surface area contributed by atoms with Gasteiger partial charge in [-0.2, -0.15) is 5.10 Å². The van der Waals surface area contributed by atoms with E-state index in [2.05, 4.69) is 34.3 Å². The van der Waals surface area contributed by atoms with E-state index in [0.717, 1.165) is 31.9 Å². The van der Waals surface area contributed by atoms with Gasteiger partial charge in [0.15, 0.2) is 0 Å². The summed E-state index contributed by atoms with van der Waals surface area (Å²) in [4.78, 5) is 16.3. The van der Waals surface area contributed by atoms with E-state index >= 15 is 0 Å². The fourth-order valence-electron chi connectivity index (χ4n) is 2.77. The Balaban J connectivity index is 1.62. The zero-order valence-corrected chi connectivity index (χ0v) is 15.5. The molecule has 2 aromatic rings. The van der Waals surface area contributed by atoms with Gasteiger partial charge in [0.05, 0.1) is 31.1 Å². The number of anilines is 1. The molecule has 1 aromatic carbocycles. The summed E-state index contributed by atoms with van der Waals surface area (Å²) in [7, 11) is 1.92. The Bertz CT molecular complexity index is 773. The van der Waals surface area contributed by atoms with Gasteiger partial charge in [0.25, 0.3) is 5.56 Å². The van der Waals surface area contributed by atoms with Crippen LogP contribution in [0.1, 0.15) is 5.56 Å². The Morgan fingerprint density at radius 3 is 2.56 bits per heavy atom. The first-order chi connectivity index (χ1) is 12.0. The number of hydrogen-bond acceptors (Lipinski definition) is 5. The van der Waals surface area contributed by atoms with Crippen molar-refractivity contribution in [2.75, 3.05) is 38.3 Å². The predicted octanol–water partition coefficient (Wildman–Crippen LogP) is 2.48. The monoisotopic (exact) mass is 382 g/mol. The first-order valence-corrected chi connectivity index (χ1v) is 8.81. The normalized spacial score (nSPS) is 15.0. The van der Waals surface area contributed by atoms with Crippen molar-refractivity contribution >= 4 is 28.9 Å². The molecule has 0 bridgehead atoms. The Kier molecular flexibility index (Phi) is 5.96. The molecular weight excluding hydrogens is 363 g/mol. The molecule has 0 atom stereocenters. The van der Waals surface area contributed by atoms with Crippen molar-refractivity contribution < 1.29 is 4.74 Å². The van der Waals surface area contributed by atoms with Gasteiger partial charge in [-0.1, -0.05) is 35.3 Å². The van der Waals surface area contributed by atoms with E-state index in [1.807, 2.05) is 11.9 Å². The molecule has 0 aliphatic carbocycles. The second-order valence-electron chi connectivity index (χ2n) is 6.03. The van der Waals surface area contributed by atoms with Crippen molar-refractivity contribution in [1.29, 1.82) is 0 Å². The highest BCUT2D eigenvalue weighted by Crippen LogP contribution is 2.18. The SMILES string of the molecule is CN(Cc1ccc(N2CCOCC2)cc1)Cn1ncc(Cl)c(Cl)c1=O. The van der Waals surface area contributed by atoms with Gasteiger partial charge in [0, 0.05) is 25.3 Å². The smallest absolute Gasteiger partial charge is 0.288 e. The van der Waals surface area contributed by atoms with E-state index in [9.17, 15) is 4.79 Å². The first-order valence-electron chi connectivity index (χ1n) is 8.06. The third-order valence-corrected chi connectivity index (χ3v) is 4.83. The average molecular weight is 383 g/mol. The predicted molar refractivity (Wildman–Crippen MR) is 99.5 cm³/mol. The molecule has 0 N–H and O–H groups in total. The molecule has 1 fully saturated rings. The lowest BCUT2D eigenvalue weighted by molar-refractivity contribution is 0.122. The first kappa shape index (κ1) is 18.2. The molecule has 0 amide bonds. The van der Waals surface area contributed by atoms with E-state index in [4.69, 9.17) is 27.9 Å². The van der Waals surface area contributed by atoms with Gasteiger partial charge < -0.3 is 9.64 Å². The van der Waals surface area contributed by atoms with Crippen molar-refractivity contribution in [3.8, 4) is 0 Å². The van der Waals surface area contributed by atoms with E-state index in [1.165, 1.54) is 16.6 Å². The van der Waals surface area contributed by atoms with Crippen LogP contribution in [0.25, 0.3) is 0 Å². The lowest BCUT2D eigenvalue weighted by atomic mass is 10.2. The zero-order chi connectivity index (χ0) is 17.8. The minimum atomic E-state index is -0.385. The number of hydrogen-bond donors (Lipinski definition) is 0. The van der Waals surface area contributed by atoms with E-state index in [1.54, 1.807) is 0 Å². The summed E-state index contributed by atoms with van der Waals surface area (Å²) in [6, 6.07) is 8.45. The summed E-state index contributed by atoms with van der Waals surface area (Å²) in [6.45, 7) is 4.42. The number of halogens is 2. The summed E-state index contributed by atoms with van der Waals surface area (Å²) in [5.74, 6) is 0. The van der Waals surface area contributed by atoms with Crippen molar-refractivity contribution in [1.82, 2.24) is 14.7 Å². The number of aromatic nitrogens is 2. The zero-order valence-electron chi connectivity index (χ0n) is 14.0. The number of rotatable bonds is 5. The van der Waals surface area contributed by atoms with Crippen LogP contribution >= 0.6 is 23.2 Å². The molecule has 1 aliphatic rings. The van der Waals surface area contributed by atoms with Gasteiger partial charge in [-0.05, 0) is 24.7 Å². The summed E-state index contributed by atoms with van der Waals surface area (Å²) in [5, 5.41) is 4.19. The topological polar surface area (TPSA) is 50.6 Å². The molecule has 6 nitrogen and oxygen atoms in total. The molecule has 0 saturated carbocycles. The van der Waals surface area contributed by atoms with Gasteiger partial charge in [0.2, 0.25) is 0 Å². The maximum Gasteiger partial charge on any atom is 0.288 e. The van der Waals surface area contributed by atoms with Crippen LogP contribution in [0.4, 0.5) is 5.69 Å². The van der Waals surface area contributed by atoms with Crippen molar-refractivity contribution in [2.45, 2.75) is 13.2 Å². The largest absolute Gasteiger partial charge is 0.378 e. The fourth-order valence-corrected chi connectivity index (χ4v) is 3.04. The minimum absolute atomic E-state index is 0.0000642. The summed E-state index contributed by atoms with van der Waals surface area (Å²) in [6.07, 6.45) is 1.39. The summed E-state index contributed by atoms with van der Waals surface area (Å²) < 4.78 is 6.68. The lowest BCUT2D eigenvalue weighted by Crippen LogP contribution is -2.36. The highest BCUT2D eigenvalue weighted by molar-refractivity contribution is 6.41. The number of benzene rings is 1. The van der Waals surface area contributed by atoms with Gasteiger partial charge in [-0.3, -0.25) is 9.69 Å². The van der Waals surface area contributed by atoms with Crippen LogP contribution in [0.15, 0.2) is 35.3 Å². The molecule has 134 valence electrons.